The molecule has 0 unspecified atom stereocenters. The van der Waals surface area contributed by atoms with Crippen molar-refractivity contribution in [1.82, 2.24) is 0 Å². The summed E-state index contributed by atoms with van der Waals surface area (Å²) in [6.45, 7) is 2.34. The molecule has 0 N–H and O–H groups in total. The molecule has 10 heavy (non-hydrogen) atoms. The Bertz CT molecular complexity index is 89.4. The van der Waals surface area contributed by atoms with E-state index in [2.05, 4.69) is 22.9 Å². The van der Waals surface area contributed by atoms with Crippen molar-refractivity contribution in [3.05, 3.63) is 0 Å². The molecule has 1 fully saturated rings. The maximum absolute atomic E-state index is 3.48. The summed E-state index contributed by atoms with van der Waals surface area (Å²) in [6.07, 6.45) is 8.70. The van der Waals surface area contributed by atoms with Crippen LogP contribution in [0.25, 0.3) is 0 Å². The molecule has 1 aliphatic rings. The van der Waals surface area contributed by atoms with Gasteiger partial charge in [0, 0.05) is 5.33 Å². The molecule has 1 aliphatic carbocycles. The van der Waals surface area contributed by atoms with E-state index < -0.39 is 0 Å². The summed E-state index contributed by atoms with van der Waals surface area (Å²) in [5.41, 5.74) is 0.785. The summed E-state index contributed by atoms with van der Waals surface area (Å²) in [7, 11) is 0. The highest BCUT2D eigenvalue weighted by Crippen LogP contribution is 2.47. The quantitative estimate of drug-likeness (QED) is 0.613. The van der Waals surface area contributed by atoms with Crippen LogP contribution in [-0.4, -0.2) is 5.33 Å². The van der Waals surface area contributed by atoms with E-state index in [0.29, 0.717) is 0 Å². The van der Waals surface area contributed by atoms with E-state index in [1.807, 2.05) is 0 Å². The van der Waals surface area contributed by atoms with Gasteiger partial charge in [0.2, 0.25) is 0 Å². The maximum Gasteiger partial charge on any atom is 0.00315 e. The molecule has 0 aromatic rings. The monoisotopic (exact) mass is 204 g/mol. The van der Waals surface area contributed by atoms with Gasteiger partial charge >= 0.3 is 0 Å². The van der Waals surface area contributed by atoms with Gasteiger partial charge in [-0.1, -0.05) is 35.7 Å². The Hall–Kier alpha value is 0.480. The highest BCUT2D eigenvalue weighted by molar-refractivity contribution is 9.09. The van der Waals surface area contributed by atoms with Crippen molar-refractivity contribution in [3.8, 4) is 0 Å². The second kappa shape index (κ2) is 3.75. The Morgan fingerprint density at radius 3 is 2.40 bits per heavy atom. The average Bonchev–Trinajstić information content (AvgIpc) is 1.87. The molecule has 1 heteroatoms. The summed E-state index contributed by atoms with van der Waals surface area (Å²) in [6, 6.07) is 0. The molecule has 0 amide bonds. The molecule has 0 bridgehead atoms. The lowest BCUT2D eigenvalue weighted by atomic mass is 9.65. The van der Waals surface area contributed by atoms with Gasteiger partial charge in [0.25, 0.3) is 0 Å². The van der Waals surface area contributed by atoms with Gasteiger partial charge in [-0.3, -0.25) is 0 Å². The second-order valence-corrected chi connectivity index (χ2v) is 4.29. The zero-order valence-electron chi connectivity index (χ0n) is 6.83. The molecule has 0 aromatic carbocycles. The van der Waals surface area contributed by atoms with Gasteiger partial charge in [-0.2, -0.15) is 0 Å². The molecule has 0 radical (unpaired) electrons. The number of hydrogen-bond acceptors (Lipinski definition) is 0. The molecule has 0 heterocycles. The van der Waals surface area contributed by atoms with Crippen LogP contribution >= 0.6 is 15.9 Å². The molecule has 0 aliphatic heterocycles. The standard InChI is InChI=1S/C9H17Br/c1-2-9(5-3-6-9)7-4-8-10/h2-8H2,1H3. The zero-order chi connectivity index (χ0) is 7.45. The van der Waals surface area contributed by atoms with Crippen LogP contribution in [0.5, 0.6) is 0 Å². The summed E-state index contributed by atoms with van der Waals surface area (Å²) < 4.78 is 0. The lowest BCUT2D eigenvalue weighted by molar-refractivity contribution is 0.113. The molecule has 0 spiro atoms. The van der Waals surface area contributed by atoms with Gasteiger partial charge in [-0.25, -0.2) is 0 Å². The fraction of sp³-hybridized carbons (Fsp3) is 1.00. The number of hydrogen-bond donors (Lipinski definition) is 0. The number of halogens is 1. The topological polar surface area (TPSA) is 0 Å². The molecule has 1 rings (SSSR count). The van der Waals surface area contributed by atoms with E-state index >= 15 is 0 Å². The van der Waals surface area contributed by atoms with Crippen LogP contribution in [-0.2, 0) is 0 Å². The first-order chi connectivity index (χ1) is 4.83. The van der Waals surface area contributed by atoms with Crippen LogP contribution in [0.15, 0.2) is 0 Å². The molecule has 0 atom stereocenters. The molecule has 0 saturated heterocycles. The first-order valence-electron chi connectivity index (χ1n) is 4.39. The fourth-order valence-corrected chi connectivity index (χ4v) is 2.18. The highest BCUT2D eigenvalue weighted by Gasteiger charge is 2.33. The van der Waals surface area contributed by atoms with Gasteiger partial charge in [0.15, 0.2) is 0 Å². The van der Waals surface area contributed by atoms with E-state index in [0.717, 1.165) is 5.41 Å². The molecule has 1 saturated carbocycles. The van der Waals surface area contributed by atoms with E-state index in [1.165, 1.54) is 43.9 Å². The van der Waals surface area contributed by atoms with E-state index in [4.69, 9.17) is 0 Å². The maximum atomic E-state index is 3.48. The van der Waals surface area contributed by atoms with E-state index in [-0.39, 0.29) is 0 Å². The average molecular weight is 205 g/mol. The van der Waals surface area contributed by atoms with Gasteiger partial charge < -0.3 is 0 Å². The Kier molecular flexibility index (Phi) is 3.22. The van der Waals surface area contributed by atoms with Crippen molar-refractivity contribution in [3.63, 3.8) is 0 Å². The molecule has 60 valence electrons. The largest absolute Gasteiger partial charge is 0.0928 e. The van der Waals surface area contributed by atoms with Crippen molar-refractivity contribution in [2.45, 2.75) is 45.4 Å². The fourth-order valence-electron chi connectivity index (χ4n) is 1.90. The Balaban J connectivity index is 2.20. The van der Waals surface area contributed by atoms with Crippen molar-refractivity contribution in [2.24, 2.45) is 5.41 Å². The van der Waals surface area contributed by atoms with Crippen molar-refractivity contribution in [1.29, 1.82) is 0 Å². The van der Waals surface area contributed by atoms with Gasteiger partial charge in [-0.05, 0) is 31.1 Å². The van der Waals surface area contributed by atoms with E-state index in [1.54, 1.807) is 0 Å². The van der Waals surface area contributed by atoms with E-state index in [9.17, 15) is 0 Å². The predicted molar refractivity (Wildman–Crippen MR) is 49.6 cm³/mol. The molecule has 0 aromatic heterocycles. The molecule has 0 nitrogen and oxygen atoms in total. The van der Waals surface area contributed by atoms with Crippen LogP contribution in [0.4, 0.5) is 0 Å². The smallest absolute Gasteiger partial charge is 0.00315 e. The van der Waals surface area contributed by atoms with Gasteiger partial charge in [0.1, 0.15) is 0 Å². The first kappa shape index (κ1) is 8.58. The summed E-state index contributed by atoms with van der Waals surface area (Å²) >= 11 is 3.48. The van der Waals surface area contributed by atoms with Crippen LogP contribution in [0.2, 0.25) is 0 Å². The third kappa shape index (κ3) is 1.75. The van der Waals surface area contributed by atoms with Gasteiger partial charge in [-0.15, -0.1) is 0 Å². The van der Waals surface area contributed by atoms with Crippen LogP contribution in [0, 0.1) is 5.41 Å². The van der Waals surface area contributed by atoms with Crippen molar-refractivity contribution in [2.75, 3.05) is 5.33 Å². The van der Waals surface area contributed by atoms with Crippen molar-refractivity contribution < 1.29 is 0 Å². The van der Waals surface area contributed by atoms with Crippen LogP contribution in [0.1, 0.15) is 45.4 Å². The Labute approximate surface area is 72.5 Å². The summed E-state index contributed by atoms with van der Waals surface area (Å²) in [4.78, 5) is 0. The van der Waals surface area contributed by atoms with Crippen molar-refractivity contribution >= 4 is 15.9 Å². The molecular formula is C9H17Br. The summed E-state index contributed by atoms with van der Waals surface area (Å²) in [5, 5.41) is 1.19. The minimum atomic E-state index is 0.785. The summed E-state index contributed by atoms with van der Waals surface area (Å²) in [5.74, 6) is 0. The number of alkyl halides is 1. The normalized spacial score (nSPS) is 22.2. The third-order valence-corrected chi connectivity index (χ3v) is 3.57. The Morgan fingerprint density at radius 2 is 2.10 bits per heavy atom. The zero-order valence-corrected chi connectivity index (χ0v) is 8.41. The van der Waals surface area contributed by atoms with Crippen LogP contribution in [0.3, 0.4) is 0 Å². The lowest BCUT2D eigenvalue weighted by Gasteiger charge is -2.41. The SMILES string of the molecule is CCC1(CCCBr)CCC1. The predicted octanol–water partition coefficient (Wildman–Crippen LogP) is 3.74. The van der Waals surface area contributed by atoms with Crippen LogP contribution < -0.4 is 0 Å². The van der Waals surface area contributed by atoms with Gasteiger partial charge in [0.05, 0.1) is 0 Å². The molecular weight excluding hydrogens is 188 g/mol. The Morgan fingerprint density at radius 1 is 1.40 bits per heavy atom. The minimum Gasteiger partial charge on any atom is -0.0928 e. The second-order valence-electron chi connectivity index (χ2n) is 3.50. The third-order valence-electron chi connectivity index (χ3n) is 3.00. The minimum absolute atomic E-state index is 0.785. The lowest BCUT2D eigenvalue weighted by Crippen LogP contribution is -2.28. The first-order valence-corrected chi connectivity index (χ1v) is 5.51. The number of rotatable bonds is 4. The highest BCUT2D eigenvalue weighted by atomic mass is 79.9.